The number of likely N-dealkylation sites (tertiary alicyclic amines) is 1. The van der Waals surface area contributed by atoms with Crippen LogP contribution in [0.25, 0.3) is 16.6 Å². The number of benzene rings is 1. The van der Waals surface area contributed by atoms with Gasteiger partial charge in [-0.1, -0.05) is 25.4 Å². The fourth-order valence-electron chi connectivity index (χ4n) is 6.39. The number of methoxy groups -OCH3 is 1. The first-order chi connectivity index (χ1) is 20.5. The molecule has 2 atom stereocenters. The van der Waals surface area contributed by atoms with Crippen LogP contribution in [0.3, 0.4) is 0 Å². The average Bonchev–Trinajstić information content (AvgIpc) is 3.58. The molecule has 3 aromatic rings. The number of carbonyl (C=O) groups is 1. The molecule has 1 aromatic carbocycles. The van der Waals surface area contributed by atoms with Crippen molar-refractivity contribution in [3.8, 4) is 5.69 Å². The number of halogens is 2. The van der Waals surface area contributed by atoms with E-state index in [0.717, 1.165) is 62.1 Å². The van der Waals surface area contributed by atoms with Crippen LogP contribution in [0.15, 0.2) is 36.8 Å². The summed E-state index contributed by atoms with van der Waals surface area (Å²) in [6, 6.07) is 4.95. The Hall–Kier alpha value is -2.52. The molecule has 3 heterocycles. The van der Waals surface area contributed by atoms with E-state index in [0.29, 0.717) is 34.2 Å². The third kappa shape index (κ3) is 7.96. The van der Waals surface area contributed by atoms with Crippen LogP contribution in [0, 0.1) is 17.7 Å². The molecule has 0 radical (unpaired) electrons. The second kappa shape index (κ2) is 15.0. The zero-order valence-electron chi connectivity index (χ0n) is 26.9. The summed E-state index contributed by atoms with van der Waals surface area (Å²) in [6.45, 7) is 13.5. The second-order valence-corrected chi connectivity index (χ2v) is 13.2. The molecule has 1 aliphatic heterocycles. The normalized spacial score (nSPS) is 16.7. The zero-order valence-corrected chi connectivity index (χ0v) is 27.7. The number of fused-ring (bicyclic) bond motifs is 1. The molecule has 0 spiro atoms. The summed E-state index contributed by atoms with van der Waals surface area (Å²) in [6.07, 6.45) is 9.91. The molecule has 43 heavy (non-hydrogen) atoms. The monoisotopic (exact) mass is 613 g/mol. The highest BCUT2D eigenvalue weighted by Crippen LogP contribution is 2.35. The molecule has 1 aliphatic rings. The van der Waals surface area contributed by atoms with Gasteiger partial charge in [0.1, 0.15) is 5.82 Å². The van der Waals surface area contributed by atoms with Gasteiger partial charge in [-0.05, 0) is 95.3 Å². The Labute approximate surface area is 261 Å². The smallest absolute Gasteiger partial charge is 0.256 e. The minimum Gasteiger partial charge on any atom is -0.383 e. The molecular formula is C34H49ClFN5O2. The van der Waals surface area contributed by atoms with Crippen molar-refractivity contribution in [1.29, 1.82) is 0 Å². The van der Waals surface area contributed by atoms with Gasteiger partial charge in [-0.15, -0.1) is 0 Å². The van der Waals surface area contributed by atoms with Gasteiger partial charge >= 0.3 is 0 Å². The van der Waals surface area contributed by atoms with E-state index in [1.165, 1.54) is 25.0 Å². The van der Waals surface area contributed by atoms with E-state index < -0.39 is 5.82 Å². The highest BCUT2D eigenvalue weighted by molar-refractivity contribution is 6.35. The van der Waals surface area contributed by atoms with Crippen molar-refractivity contribution < 1.29 is 13.9 Å². The van der Waals surface area contributed by atoms with Crippen LogP contribution in [0.2, 0.25) is 5.02 Å². The Morgan fingerprint density at radius 3 is 2.65 bits per heavy atom. The number of nitrogens with zero attached hydrogens (tertiary/aromatic N) is 5. The highest BCUT2D eigenvalue weighted by atomic mass is 35.5. The number of amides is 1. The second-order valence-electron chi connectivity index (χ2n) is 12.8. The number of aromatic nitrogens is 2. The van der Waals surface area contributed by atoms with Gasteiger partial charge in [0.15, 0.2) is 0 Å². The maximum Gasteiger partial charge on any atom is 0.256 e. The van der Waals surface area contributed by atoms with Gasteiger partial charge in [-0.2, -0.15) is 0 Å². The van der Waals surface area contributed by atoms with Gasteiger partial charge in [0.05, 0.1) is 34.6 Å². The number of hydrogen-bond acceptors (Lipinski definition) is 5. The lowest BCUT2D eigenvalue weighted by atomic mass is 9.96. The van der Waals surface area contributed by atoms with Crippen molar-refractivity contribution in [1.82, 2.24) is 24.3 Å². The van der Waals surface area contributed by atoms with Crippen molar-refractivity contribution in [3.63, 3.8) is 0 Å². The number of ether oxygens (including phenoxy) is 1. The standard InChI is InChI=1S/C34H49ClFN5O2/c1-23(2)30(9-8-13-38(5)15-16-43-7)40-14-12-25(21-40)17-26-22-41(32-20-37-19-29(35)33(26)32)31-11-10-27(36)18-28(31)34(42)39(6)24(3)4/h10-11,18-20,22-25,30H,8-9,12-17,21H2,1-7H3/t25-,30?/m0/s1. The summed E-state index contributed by atoms with van der Waals surface area (Å²) in [7, 11) is 5.66. The fraction of sp³-hybridized carbons (Fsp3) is 0.588. The van der Waals surface area contributed by atoms with Crippen molar-refractivity contribution in [2.24, 2.45) is 11.8 Å². The van der Waals surface area contributed by atoms with Gasteiger partial charge in [0.2, 0.25) is 0 Å². The molecule has 0 saturated carbocycles. The Kier molecular flexibility index (Phi) is 11.6. The van der Waals surface area contributed by atoms with E-state index in [2.05, 4.69) is 41.9 Å². The third-order valence-corrected chi connectivity index (χ3v) is 9.36. The number of carbonyl (C=O) groups excluding carboxylic acids is 1. The van der Waals surface area contributed by atoms with Gasteiger partial charge in [0, 0.05) is 57.1 Å². The molecule has 9 heteroatoms. The van der Waals surface area contributed by atoms with E-state index in [9.17, 15) is 9.18 Å². The predicted molar refractivity (Wildman–Crippen MR) is 174 cm³/mol. The minimum absolute atomic E-state index is 0.0201. The van der Waals surface area contributed by atoms with Crippen LogP contribution in [0.4, 0.5) is 4.39 Å². The predicted octanol–water partition coefficient (Wildman–Crippen LogP) is 6.55. The van der Waals surface area contributed by atoms with Crippen molar-refractivity contribution in [3.05, 3.63) is 58.8 Å². The molecule has 1 saturated heterocycles. The van der Waals surface area contributed by atoms with E-state index in [1.54, 1.807) is 37.5 Å². The summed E-state index contributed by atoms with van der Waals surface area (Å²) in [5.41, 5.74) is 2.90. The van der Waals surface area contributed by atoms with Gasteiger partial charge < -0.3 is 19.1 Å². The number of rotatable bonds is 14. The van der Waals surface area contributed by atoms with Crippen LogP contribution in [-0.2, 0) is 11.2 Å². The summed E-state index contributed by atoms with van der Waals surface area (Å²) in [4.78, 5) is 24.5. The molecule has 2 aromatic heterocycles. The quantitative estimate of drug-likeness (QED) is 0.206. The lowest BCUT2D eigenvalue weighted by Crippen LogP contribution is -2.38. The van der Waals surface area contributed by atoms with Gasteiger partial charge in [-0.25, -0.2) is 4.39 Å². The molecule has 1 unspecified atom stereocenters. The first kappa shape index (κ1) is 33.4. The fourth-order valence-corrected chi connectivity index (χ4v) is 6.67. The summed E-state index contributed by atoms with van der Waals surface area (Å²) in [5.74, 6) is 0.419. The molecule has 7 nitrogen and oxygen atoms in total. The van der Waals surface area contributed by atoms with Crippen molar-refractivity contribution in [2.45, 2.75) is 65.5 Å². The summed E-state index contributed by atoms with van der Waals surface area (Å²) >= 11 is 6.77. The minimum atomic E-state index is -0.440. The van der Waals surface area contributed by atoms with E-state index in [-0.39, 0.29) is 11.9 Å². The molecule has 0 bridgehead atoms. The first-order valence-corrected chi connectivity index (χ1v) is 16.0. The molecule has 0 N–H and O–H groups in total. The maximum absolute atomic E-state index is 14.4. The van der Waals surface area contributed by atoms with E-state index in [1.807, 2.05) is 18.4 Å². The Morgan fingerprint density at radius 2 is 1.95 bits per heavy atom. The Bertz CT molecular complexity index is 1380. The van der Waals surface area contributed by atoms with Crippen LogP contribution in [0.1, 0.15) is 62.9 Å². The van der Waals surface area contributed by atoms with E-state index in [4.69, 9.17) is 16.3 Å². The van der Waals surface area contributed by atoms with Gasteiger partial charge in [0.25, 0.3) is 5.91 Å². The molecular weight excluding hydrogens is 565 g/mol. The SMILES string of the molecule is COCCN(C)CCCC(C(C)C)N1CC[C@@H](Cc2cn(-c3ccc(F)cc3C(=O)N(C)C(C)C)c3cncc(Cl)c23)C1. The summed E-state index contributed by atoms with van der Waals surface area (Å²) < 4.78 is 21.6. The van der Waals surface area contributed by atoms with Crippen LogP contribution < -0.4 is 0 Å². The zero-order chi connectivity index (χ0) is 31.3. The summed E-state index contributed by atoms with van der Waals surface area (Å²) in [5, 5.41) is 1.54. The maximum atomic E-state index is 14.4. The third-order valence-electron chi connectivity index (χ3n) is 9.07. The molecule has 1 fully saturated rings. The lowest BCUT2D eigenvalue weighted by Gasteiger charge is -2.32. The van der Waals surface area contributed by atoms with E-state index >= 15 is 0 Å². The van der Waals surface area contributed by atoms with Crippen LogP contribution in [0.5, 0.6) is 0 Å². The van der Waals surface area contributed by atoms with Crippen LogP contribution in [-0.4, -0.2) is 96.2 Å². The van der Waals surface area contributed by atoms with Crippen molar-refractivity contribution in [2.75, 3.05) is 54.0 Å². The van der Waals surface area contributed by atoms with Crippen LogP contribution >= 0.6 is 11.6 Å². The number of likely N-dealkylation sites (N-methyl/N-ethyl adjacent to an activating group) is 1. The lowest BCUT2D eigenvalue weighted by molar-refractivity contribution is 0.0754. The molecule has 236 valence electrons. The van der Waals surface area contributed by atoms with Crippen molar-refractivity contribution >= 4 is 28.4 Å². The highest BCUT2D eigenvalue weighted by Gasteiger charge is 2.31. The first-order valence-electron chi connectivity index (χ1n) is 15.6. The number of hydrogen-bond donors (Lipinski definition) is 0. The topological polar surface area (TPSA) is 53.8 Å². The Balaban J connectivity index is 1.56. The molecule has 0 aliphatic carbocycles. The molecule has 1 amide bonds. The Morgan fingerprint density at radius 1 is 1.19 bits per heavy atom. The van der Waals surface area contributed by atoms with Gasteiger partial charge in [-0.3, -0.25) is 14.7 Å². The number of pyridine rings is 1. The average molecular weight is 614 g/mol. The largest absolute Gasteiger partial charge is 0.383 e. The molecule has 4 rings (SSSR count).